The number of nitrogens with zero attached hydrogens (tertiary/aromatic N) is 4. The van der Waals surface area contributed by atoms with Gasteiger partial charge in [0.2, 0.25) is 5.95 Å². The van der Waals surface area contributed by atoms with Gasteiger partial charge in [-0.3, -0.25) is 4.79 Å². The van der Waals surface area contributed by atoms with Crippen LogP contribution >= 0.6 is 22.9 Å². The first-order valence-electron chi connectivity index (χ1n) is 11.1. The zero-order valence-electron chi connectivity index (χ0n) is 17.8. The summed E-state index contributed by atoms with van der Waals surface area (Å²) >= 11 is 7.52. The van der Waals surface area contributed by atoms with Gasteiger partial charge in [0, 0.05) is 36.6 Å². The topological polar surface area (TPSA) is 61.4 Å². The first-order valence-corrected chi connectivity index (χ1v) is 12.3. The minimum Gasteiger partial charge on any atom is -0.339 e. The van der Waals surface area contributed by atoms with Crippen LogP contribution in [0.25, 0.3) is 10.6 Å². The van der Waals surface area contributed by atoms with Gasteiger partial charge in [-0.1, -0.05) is 11.6 Å². The smallest absolute Gasteiger partial charge is 0.253 e. The van der Waals surface area contributed by atoms with Gasteiger partial charge in [-0.2, -0.15) is 0 Å². The Morgan fingerprint density at radius 3 is 2.44 bits per heavy atom. The normalized spacial score (nSPS) is 17.6. The number of amides is 1. The lowest BCUT2D eigenvalue weighted by atomic mass is 10.0. The molecule has 4 heterocycles. The quantitative estimate of drug-likeness (QED) is 0.551. The van der Waals surface area contributed by atoms with Gasteiger partial charge >= 0.3 is 0 Å². The van der Waals surface area contributed by atoms with Crippen LogP contribution in [0.15, 0.2) is 48.7 Å². The lowest BCUT2D eigenvalue weighted by Crippen LogP contribution is -2.45. The number of piperidine rings is 1. The average Bonchev–Trinajstić information content (AvgIpc) is 3.52. The van der Waals surface area contributed by atoms with Crippen molar-refractivity contribution >= 4 is 40.5 Å². The number of carbonyl (C=O) groups is 1. The molecule has 8 heteroatoms. The molecule has 2 aromatic heterocycles. The van der Waals surface area contributed by atoms with Crippen LogP contribution in [0.2, 0.25) is 4.34 Å². The van der Waals surface area contributed by atoms with E-state index in [2.05, 4.69) is 20.2 Å². The lowest BCUT2D eigenvalue weighted by Gasteiger charge is -2.36. The van der Waals surface area contributed by atoms with E-state index in [4.69, 9.17) is 11.6 Å². The fourth-order valence-corrected chi connectivity index (χ4v) is 5.57. The summed E-state index contributed by atoms with van der Waals surface area (Å²) in [5, 5.41) is 3.22. The van der Waals surface area contributed by atoms with Crippen LogP contribution < -0.4 is 5.32 Å². The van der Waals surface area contributed by atoms with Crippen LogP contribution in [-0.4, -0.2) is 57.9 Å². The molecule has 0 spiro atoms. The van der Waals surface area contributed by atoms with Gasteiger partial charge in [-0.05, 0) is 81.2 Å². The van der Waals surface area contributed by atoms with E-state index in [9.17, 15) is 4.79 Å². The van der Waals surface area contributed by atoms with Crippen molar-refractivity contribution in [1.29, 1.82) is 0 Å². The highest BCUT2D eigenvalue weighted by Gasteiger charge is 2.28. The summed E-state index contributed by atoms with van der Waals surface area (Å²) in [6, 6.07) is 13.9. The molecule has 5 rings (SSSR count). The molecule has 2 fully saturated rings. The van der Waals surface area contributed by atoms with Crippen LogP contribution in [0.3, 0.4) is 0 Å². The van der Waals surface area contributed by atoms with Crippen molar-refractivity contribution in [3.05, 3.63) is 58.6 Å². The van der Waals surface area contributed by atoms with E-state index in [1.807, 2.05) is 47.4 Å². The predicted octanol–water partition coefficient (Wildman–Crippen LogP) is 5.30. The standard InChI is InChI=1S/C24H26ClN5OS/c25-22-8-7-21(32-22)20-9-12-26-24(28-20)27-18-5-3-17(4-6-18)23(31)30-15-10-19(11-16-30)29-13-1-2-14-29/h3-9,12,19H,1-2,10-11,13-16H2,(H,26,27,28). The predicted molar refractivity (Wildman–Crippen MR) is 130 cm³/mol. The van der Waals surface area contributed by atoms with Gasteiger partial charge < -0.3 is 15.1 Å². The molecule has 1 N–H and O–H groups in total. The summed E-state index contributed by atoms with van der Waals surface area (Å²) < 4.78 is 0.730. The summed E-state index contributed by atoms with van der Waals surface area (Å²) in [6.45, 7) is 4.13. The lowest BCUT2D eigenvalue weighted by molar-refractivity contribution is 0.0644. The number of carbonyl (C=O) groups excluding carboxylic acids is 1. The number of hydrogen-bond acceptors (Lipinski definition) is 6. The Balaban J connectivity index is 1.20. The van der Waals surface area contributed by atoms with Crippen molar-refractivity contribution < 1.29 is 4.79 Å². The third-order valence-corrected chi connectivity index (χ3v) is 7.53. The van der Waals surface area contributed by atoms with Crippen molar-refractivity contribution in [3.63, 3.8) is 0 Å². The fraction of sp³-hybridized carbons (Fsp3) is 0.375. The zero-order chi connectivity index (χ0) is 21.9. The molecular formula is C24H26ClN5OS. The minimum atomic E-state index is 0.115. The number of aromatic nitrogens is 2. The van der Waals surface area contributed by atoms with Crippen LogP contribution in [0, 0.1) is 0 Å². The van der Waals surface area contributed by atoms with Gasteiger partial charge in [0.25, 0.3) is 5.91 Å². The van der Waals surface area contributed by atoms with E-state index in [0.29, 0.717) is 12.0 Å². The maximum atomic E-state index is 13.0. The van der Waals surface area contributed by atoms with Crippen molar-refractivity contribution in [2.75, 3.05) is 31.5 Å². The molecule has 6 nitrogen and oxygen atoms in total. The van der Waals surface area contributed by atoms with Crippen LogP contribution in [0.1, 0.15) is 36.0 Å². The highest BCUT2D eigenvalue weighted by molar-refractivity contribution is 7.19. The van der Waals surface area contributed by atoms with E-state index in [1.54, 1.807) is 6.20 Å². The van der Waals surface area contributed by atoms with Crippen molar-refractivity contribution in [3.8, 4) is 10.6 Å². The molecular weight excluding hydrogens is 442 g/mol. The van der Waals surface area contributed by atoms with E-state index in [-0.39, 0.29) is 5.91 Å². The highest BCUT2D eigenvalue weighted by Crippen LogP contribution is 2.30. The molecule has 0 unspecified atom stereocenters. The summed E-state index contributed by atoms with van der Waals surface area (Å²) in [4.78, 5) is 27.4. The molecule has 2 aliphatic rings. The SMILES string of the molecule is O=C(c1ccc(Nc2nccc(-c3ccc(Cl)s3)n2)cc1)N1CCC(N2CCCC2)CC1. The summed E-state index contributed by atoms with van der Waals surface area (Å²) in [5.41, 5.74) is 2.39. The van der Waals surface area contributed by atoms with Gasteiger partial charge in [0.15, 0.2) is 0 Å². The van der Waals surface area contributed by atoms with Gasteiger partial charge in [-0.25, -0.2) is 9.97 Å². The van der Waals surface area contributed by atoms with E-state index in [0.717, 1.165) is 52.1 Å². The fourth-order valence-electron chi connectivity index (χ4n) is 4.56. The Hall–Kier alpha value is -2.48. The Labute approximate surface area is 197 Å². The molecule has 0 atom stereocenters. The number of rotatable bonds is 5. The second-order valence-electron chi connectivity index (χ2n) is 8.34. The molecule has 0 radical (unpaired) electrons. The van der Waals surface area contributed by atoms with E-state index >= 15 is 0 Å². The number of halogens is 1. The highest BCUT2D eigenvalue weighted by atomic mass is 35.5. The maximum Gasteiger partial charge on any atom is 0.253 e. The molecule has 1 amide bonds. The van der Waals surface area contributed by atoms with Crippen molar-refractivity contribution in [1.82, 2.24) is 19.8 Å². The molecule has 0 saturated carbocycles. The molecule has 2 saturated heterocycles. The summed E-state index contributed by atoms with van der Waals surface area (Å²) in [7, 11) is 0. The summed E-state index contributed by atoms with van der Waals surface area (Å²) in [5.74, 6) is 0.624. The number of nitrogens with one attached hydrogen (secondary N) is 1. The largest absolute Gasteiger partial charge is 0.339 e. The number of likely N-dealkylation sites (tertiary alicyclic amines) is 2. The Kier molecular flexibility index (Phi) is 6.39. The minimum absolute atomic E-state index is 0.115. The molecule has 0 bridgehead atoms. The second-order valence-corrected chi connectivity index (χ2v) is 10.1. The Bertz CT molecular complexity index is 1070. The molecule has 3 aromatic rings. The monoisotopic (exact) mass is 467 g/mol. The van der Waals surface area contributed by atoms with Crippen LogP contribution in [0.4, 0.5) is 11.6 Å². The maximum absolute atomic E-state index is 13.0. The Morgan fingerprint density at radius 2 is 1.75 bits per heavy atom. The third-order valence-electron chi connectivity index (χ3n) is 6.28. The number of thiophene rings is 1. The van der Waals surface area contributed by atoms with E-state index in [1.165, 1.54) is 37.3 Å². The number of hydrogen-bond donors (Lipinski definition) is 1. The van der Waals surface area contributed by atoms with Crippen molar-refractivity contribution in [2.24, 2.45) is 0 Å². The first kappa shape index (κ1) is 21.4. The van der Waals surface area contributed by atoms with Gasteiger partial charge in [0.05, 0.1) is 14.9 Å². The molecule has 166 valence electrons. The summed E-state index contributed by atoms with van der Waals surface area (Å²) in [6.07, 6.45) is 6.51. The molecule has 1 aromatic carbocycles. The molecule has 0 aliphatic carbocycles. The van der Waals surface area contributed by atoms with Crippen LogP contribution in [-0.2, 0) is 0 Å². The zero-order valence-corrected chi connectivity index (χ0v) is 19.4. The number of anilines is 2. The number of benzene rings is 1. The van der Waals surface area contributed by atoms with Crippen LogP contribution in [0.5, 0.6) is 0 Å². The van der Waals surface area contributed by atoms with Crippen molar-refractivity contribution in [2.45, 2.75) is 31.7 Å². The second kappa shape index (κ2) is 9.57. The van der Waals surface area contributed by atoms with E-state index < -0.39 is 0 Å². The molecule has 2 aliphatic heterocycles. The molecule has 32 heavy (non-hydrogen) atoms. The third kappa shape index (κ3) is 4.80. The average molecular weight is 468 g/mol. The van der Waals surface area contributed by atoms with Gasteiger partial charge in [0.1, 0.15) is 0 Å². The Morgan fingerprint density at radius 1 is 1.00 bits per heavy atom. The first-order chi connectivity index (χ1) is 15.7. The van der Waals surface area contributed by atoms with Gasteiger partial charge in [-0.15, -0.1) is 11.3 Å².